The number of nitrogens with zero attached hydrogens (tertiary/aromatic N) is 2. The number of fused-ring (bicyclic) bond motifs is 1. The van der Waals surface area contributed by atoms with Crippen molar-refractivity contribution in [3.05, 3.63) is 66.9 Å². The largest absolute Gasteiger partial charge is 0.349 e. The highest BCUT2D eigenvalue weighted by Gasteiger charge is 2.21. The van der Waals surface area contributed by atoms with Crippen LogP contribution in [0.3, 0.4) is 0 Å². The molecule has 2 N–H and O–H groups in total. The molecule has 1 aromatic carbocycles. The smallest absolute Gasteiger partial charge is 0.335 e. The molecule has 0 spiro atoms. The highest BCUT2D eigenvalue weighted by molar-refractivity contribution is 6.30. The lowest BCUT2D eigenvalue weighted by Crippen LogP contribution is -2.45. The Kier molecular flexibility index (Phi) is 3.14. The van der Waals surface area contributed by atoms with Gasteiger partial charge in [0.1, 0.15) is 0 Å². The van der Waals surface area contributed by atoms with E-state index in [1.165, 1.54) is 4.57 Å². The lowest BCUT2D eigenvalue weighted by atomic mass is 10.2. The van der Waals surface area contributed by atoms with E-state index in [9.17, 15) is 9.59 Å². The Bertz CT molecular complexity index is 775. The summed E-state index contributed by atoms with van der Waals surface area (Å²) < 4.78 is 2.30. The third kappa shape index (κ3) is 2.04. The summed E-state index contributed by atoms with van der Waals surface area (Å²) in [6.45, 7) is 0.208. The minimum absolute atomic E-state index is 0.208. The summed E-state index contributed by atoms with van der Waals surface area (Å²) in [5.74, 6) is 5.80. The highest BCUT2D eigenvalue weighted by atomic mass is 35.5. The molecule has 0 amide bonds. The number of rotatable bonds is 2. The molecule has 20 heavy (non-hydrogen) atoms. The van der Waals surface area contributed by atoms with Crippen LogP contribution in [0.1, 0.15) is 23.2 Å². The summed E-state index contributed by atoms with van der Waals surface area (Å²) in [5, 5.41) is 0.617. The first-order chi connectivity index (χ1) is 9.58. The first kappa shape index (κ1) is 13.0. The maximum Gasteiger partial charge on any atom is 0.349 e. The molecule has 6 heteroatoms. The van der Waals surface area contributed by atoms with Gasteiger partial charge in [-0.3, -0.25) is 9.36 Å². The van der Waals surface area contributed by atoms with E-state index in [1.54, 1.807) is 24.3 Å². The number of hydrogen-bond acceptors (Lipinski definition) is 3. The maximum atomic E-state index is 12.4. The summed E-state index contributed by atoms with van der Waals surface area (Å²) in [4.78, 5) is 24.6. The van der Waals surface area contributed by atoms with Crippen molar-refractivity contribution >= 4 is 11.6 Å². The van der Waals surface area contributed by atoms with Gasteiger partial charge in [0.25, 0.3) is 5.56 Å². The highest BCUT2D eigenvalue weighted by Crippen LogP contribution is 2.16. The lowest BCUT2D eigenvalue weighted by Gasteiger charge is -2.11. The van der Waals surface area contributed by atoms with Gasteiger partial charge in [-0.2, -0.15) is 0 Å². The Balaban J connectivity index is 2.11. The number of benzene rings is 1. The molecule has 1 aliphatic rings. The first-order valence-electron chi connectivity index (χ1n) is 6.45. The standard InChI is InChI=1S/C14H14ClN3O2/c15-10-6-4-9(5-7-10)8-17-13(19)11-2-1-3-12(11)18(16)14(17)20/h4-7H,1-3,8,16H2. The Morgan fingerprint density at radius 1 is 1.15 bits per heavy atom. The van der Waals surface area contributed by atoms with Crippen LogP contribution in [0.2, 0.25) is 5.02 Å². The predicted octanol–water partition coefficient (Wildman–Crippen LogP) is 0.914. The van der Waals surface area contributed by atoms with Crippen LogP contribution in [0.4, 0.5) is 0 Å². The molecule has 3 rings (SSSR count). The van der Waals surface area contributed by atoms with Crippen LogP contribution in [0.15, 0.2) is 33.9 Å². The van der Waals surface area contributed by atoms with Crippen LogP contribution < -0.4 is 17.1 Å². The van der Waals surface area contributed by atoms with Gasteiger partial charge >= 0.3 is 5.69 Å². The molecule has 104 valence electrons. The molecule has 2 aromatic rings. The van der Waals surface area contributed by atoms with Gasteiger partial charge in [-0.25, -0.2) is 9.47 Å². The van der Waals surface area contributed by atoms with E-state index in [4.69, 9.17) is 17.4 Å². The predicted molar refractivity (Wildman–Crippen MR) is 77.7 cm³/mol. The number of nitrogen functional groups attached to an aromatic ring is 1. The maximum absolute atomic E-state index is 12.4. The molecule has 0 aliphatic heterocycles. The zero-order chi connectivity index (χ0) is 14.3. The van der Waals surface area contributed by atoms with Gasteiger partial charge in [-0.05, 0) is 37.0 Å². The van der Waals surface area contributed by atoms with Crippen molar-refractivity contribution in [1.29, 1.82) is 0 Å². The van der Waals surface area contributed by atoms with Gasteiger partial charge in [0.05, 0.1) is 12.2 Å². The molecule has 1 aliphatic carbocycles. The minimum atomic E-state index is -0.467. The van der Waals surface area contributed by atoms with E-state index in [0.717, 1.165) is 16.7 Å². The van der Waals surface area contributed by atoms with Crippen LogP contribution in [-0.4, -0.2) is 9.24 Å². The molecule has 1 heterocycles. The topological polar surface area (TPSA) is 70.0 Å². The van der Waals surface area contributed by atoms with Crippen molar-refractivity contribution in [1.82, 2.24) is 9.24 Å². The summed E-state index contributed by atoms with van der Waals surface area (Å²) >= 11 is 5.82. The van der Waals surface area contributed by atoms with Crippen LogP contribution in [0, 0.1) is 0 Å². The Morgan fingerprint density at radius 3 is 2.55 bits per heavy atom. The van der Waals surface area contributed by atoms with Gasteiger partial charge in [0, 0.05) is 10.6 Å². The van der Waals surface area contributed by atoms with Crippen molar-refractivity contribution < 1.29 is 0 Å². The molecule has 5 nitrogen and oxygen atoms in total. The van der Waals surface area contributed by atoms with E-state index in [1.807, 2.05) is 0 Å². The fourth-order valence-corrected chi connectivity index (χ4v) is 2.76. The summed E-state index contributed by atoms with van der Waals surface area (Å²) in [7, 11) is 0. The average Bonchev–Trinajstić information content (AvgIpc) is 2.93. The molecule has 0 unspecified atom stereocenters. The zero-order valence-electron chi connectivity index (χ0n) is 10.8. The number of aromatic nitrogens is 2. The zero-order valence-corrected chi connectivity index (χ0v) is 11.6. The second-order valence-corrected chi connectivity index (χ2v) is 5.39. The molecule has 1 aromatic heterocycles. The normalized spacial score (nSPS) is 13.4. The van der Waals surface area contributed by atoms with Crippen molar-refractivity contribution in [2.24, 2.45) is 0 Å². The van der Waals surface area contributed by atoms with E-state index in [0.29, 0.717) is 29.1 Å². The number of hydrogen-bond donors (Lipinski definition) is 1. The van der Waals surface area contributed by atoms with Gasteiger partial charge < -0.3 is 5.84 Å². The molecule has 0 atom stereocenters. The van der Waals surface area contributed by atoms with Crippen LogP contribution >= 0.6 is 11.6 Å². The molecular weight excluding hydrogens is 278 g/mol. The van der Waals surface area contributed by atoms with E-state index >= 15 is 0 Å². The Hall–Kier alpha value is -2.01. The quantitative estimate of drug-likeness (QED) is 0.836. The third-order valence-corrected chi connectivity index (χ3v) is 3.93. The second kappa shape index (κ2) is 4.83. The van der Waals surface area contributed by atoms with Crippen LogP contribution in [0.5, 0.6) is 0 Å². The number of halogens is 1. The van der Waals surface area contributed by atoms with Gasteiger partial charge in [0.15, 0.2) is 0 Å². The molecule has 0 radical (unpaired) electrons. The summed E-state index contributed by atoms with van der Waals surface area (Å²) in [5.41, 5.74) is 1.49. The van der Waals surface area contributed by atoms with Crippen molar-refractivity contribution in [3.63, 3.8) is 0 Å². The summed E-state index contributed by atoms with van der Waals surface area (Å²) in [6, 6.07) is 7.05. The average molecular weight is 292 g/mol. The SMILES string of the molecule is Nn1c2c(c(=O)n(Cc3ccc(Cl)cc3)c1=O)CCC2. The van der Waals surface area contributed by atoms with E-state index in [-0.39, 0.29) is 12.1 Å². The Labute approximate surface area is 120 Å². The Morgan fingerprint density at radius 2 is 1.85 bits per heavy atom. The minimum Gasteiger partial charge on any atom is -0.335 e. The van der Waals surface area contributed by atoms with E-state index < -0.39 is 5.69 Å². The first-order valence-corrected chi connectivity index (χ1v) is 6.83. The fraction of sp³-hybridized carbons (Fsp3) is 0.286. The molecule has 0 fully saturated rings. The fourth-order valence-electron chi connectivity index (χ4n) is 2.63. The van der Waals surface area contributed by atoms with Crippen molar-refractivity contribution in [2.45, 2.75) is 25.8 Å². The second-order valence-electron chi connectivity index (χ2n) is 4.95. The van der Waals surface area contributed by atoms with Gasteiger partial charge in [0.2, 0.25) is 0 Å². The van der Waals surface area contributed by atoms with Crippen LogP contribution in [-0.2, 0) is 19.4 Å². The lowest BCUT2D eigenvalue weighted by molar-refractivity contribution is 0.637. The summed E-state index contributed by atoms with van der Waals surface area (Å²) in [6.07, 6.45) is 2.25. The van der Waals surface area contributed by atoms with Crippen molar-refractivity contribution in [3.8, 4) is 0 Å². The van der Waals surface area contributed by atoms with Crippen molar-refractivity contribution in [2.75, 3.05) is 5.84 Å². The molecule has 0 saturated heterocycles. The molecule has 0 bridgehead atoms. The molecule has 0 saturated carbocycles. The molecular formula is C14H14ClN3O2. The monoisotopic (exact) mass is 291 g/mol. The third-order valence-electron chi connectivity index (χ3n) is 3.67. The van der Waals surface area contributed by atoms with Gasteiger partial charge in [-0.1, -0.05) is 23.7 Å². The van der Waals surface area contributed by atoms with Crippen LogP contribution in [0.25, 0.3) is 0 Å². The van der Waals surface area contributed by atoms with Gasteiger partial charge in [-0.15, -0.1) is 0 Å². The van der Waals surface area contributed by atoms with E-state index in [2.05, 4.69) is 0 Å². The number of nitrogens with two attached hydrogens (primary N) is 1.